The highest BCUT2D eigenvalue weighted by atomic mass is 15.2. The standard InChI is InChI=1S/C9H21N3.C2H6N2/c1-11-6-8-12(9-7-11)5-3-2-4-10;1-2-4-3/h2-10H2,1H3;2H,3H2,1H3/b;4-2+. The van der Waals surface area contributed by atoms with Gasteiger partial charge in [-0.25, -0.2) is 0 Å². The van der Waals surface area contributed by atoms with E-state index in [9.17, 15) is 0 Å². The highest BCUT2D eigenvalue weighted by Gasteiger charge is 2.12. The van der Waals surface area contributed by atoms with Crippen molar-refractivity contribution in [3.05, 3.63) is 0 Å². The minimum absolute atomic E-state index is 0.841. The number of nitrogens with zero attached hydrogens (tertiary/aromatic N) is 3. The maximum absolute atomic E-state index is 5.44. The predicted molar refractivity (Wildman–Crippen MR) is 70.6 cm³/mol. The normalized spacial score (nSPS) is 18.4. The fourth-order valence-electron chi connectivity index (χ4n) is 1.55. The molecule has 5 heteroatoms. The van der Waals surface area contributed by atoms with Gasteiger partial charge < -0.3 is 21.4 Å². The molecule has 1 rings (SSSR count). The van der Waals surface area contributed by atoms with E-state index in [0.29, 0.717) is 0 Å². The Kier molecular flexibility index (Phi) is 10.4. The molecule has 0 unspecified atom stereocenters. The van der Waals surface area contributed by atoms with Crippen molar-refractivity contribution in [2.75, 3.05) is 46.3 Å². The van der Waals surface area contributed by atoms with Crippen LogP contribution in [0.3, 0.4) is 0 Å². The van der Waals surface area contributed by atoms with E-state index >= 15 is 0 Å². The van der Waals surface area contributed by atoms with Crippen LogP contribution in [0.5, 0.6) is 0 Å². The smallest absolute Gasteiger partial charge is 0.0209 e. The van der Waals surface area contributed by atoms with Gasteiger partial charge in [-0.3, -0.25) is 0 Å². The number of piperazine rings is 1. The third-order valence-corrected chi connectivity index (χ3v) is 2.67. The van der Waals surface area contributed by atoms with Gasteiger partial charge in [-0.1, -0.05) is 0 Å². The van der Waals surface area contributed by atoms with Crippen LogP contribution in [0.25, 0.3) is 0 Å². The van der Waals surface area contributed by atoms with E-state index in [1.165, 1.54) is 51.8 Å². The van der Waals surface area contributed by atoms with Crippen LogP contribution in [0.15, 0.2) is 5.10 Å². The van der Waals surface area contributed by atoms with Gasteiger partial charge in [0.25, 0.3) is 0 Å². The van der Waals surface area contributed by atoms with Gasteiger partial charge in [0.15, 0.2) is 0 Å². The van der Waals surface area contributed by atoms with Crippen molar-refractivity contribution in [1.82, 2.24) is 9.80 Å². The van der Waals surface area contributed by atoms with E-state index in [4.69, 9.17) is 5.73 Å². The zero-order chi connectivity index (χ0) is 12.2. The molecular formula is C11H27N5. The van der Waals surface area contributed by atoms with Gasteiger partial charge >= 0.3 is 0 Å². The number of nitrogens with two attached hydrogens (primary N) is 2. The Bertz CT molecular complexity index is 160. The van der Waals surface area contributed by atoms with Gasteiger partial charge in [-0.2, -0.15) is 5.10 Å². The number of hydrogen-bond donors (Lipinski definition) is 2. The predicted octanol–water partition coefficient (Wildman–Crippen LogP) is -0.0765. The van der Waals surface area contributed by atoms with Gasteiger partial charge in [0.05, 0.1) is 0 Å². The topological polar surface area (TPSA) is 70.9 Å². The van der Waals surface area contributed by atoms with E-state index in [2.05, 4.69) is 27.8 Å². The lowest BCUT2D eigenvalue weighted by Crippen LogP contribution is -2.44. The van der Waals surface area contributed by atoms with E-state index in [1.54, 1.807) is 6.92 Å². The molecule has 0 aromatic rings. The minimum atomic E-state index is 0.841. The highest BCUT2D eigenvalue weighted by Crippen LogP contribution is 2.00. The van der Waals surface area contributed by atoms with E-state index in [1.807, 2.05) is 0 Å². The average molecular weight is 229 g/mol. The van der Waals surface area contributed by atoms with Gasteiger partial charge in [-0.15, -0.1) is 0 Å². The Morgan fingerprint density at radius 3 is 2.19 bits per heavy atom. The first-order valence-corrected chi connectivity index (χ1v) is 6.03. The highest BCUT2D eigenvalue weighted by molar-refractivity contribution is 5.52. The van der Waals surface area contributed by atoms with Gasteiger partial charge in [0.1, 0.15) is 0 Å². The quantitative estimate of drug-likeness (QED) is 0.306. The fraction of sp³-hybridized carbons (Fsp3) is 0.909. The Morgan fingerprint density at radius 1 is 1.19 bits per heavy atom. The first-order chi connectivity index (χ1) is 7.74. The molecule has 0 spiro atoms. The van der Waals surface area contributed by atoms with Crippen LogP contribution in [0, 0.1) is 0 Å². The van der Waals surface area contributed by atoms with E-state index < -0.39 is 0 Å². The lowest BCUT2D eigenvalue weighted by molar-refractivity contribution is 0.152. The van der Waals surface area contributed by atoms with Crippen LogP contribution >= 0.6 is 0 Å². The molecule has 1 aliphatic rings. The Hall–Kier alpha value is -0.650. The second-order valence-electron chi connectivity index (χ2n) is 4.05. The first-order valence-electron chi connectivity index (χ1n) is 6.03. The summed E-state index contributed by atoms with van der Waals surface area (Å²) in [6.45, 7) is 8.77. The lowest BCUT2D eigenvalue weighted by Gasteiger charge is -2.32. The zero-order valence-corrected chi connectivity index (χ0v) is 10.7. The molecule has 0 aromatic heterocycles. The summed E-state index contributed by atoms with van der Waals surface area (Å²) in [5.74, 6) is 4.60. The molecule has 0 radical (unpaired) electrons. The molecule has 0 aliphatic carbocycles. The molecule has 96 valence electrons. The Labute approximate surface area is 99.5 Å². The van der Waals surface area contributed by atoms with Crippen molar-refractivity contribution >= 4 is 6.21 Å². The average Bonchev–Trinajstić information content (AvgIpc) is 2.32. The summed E-state index contributed by atoms with van der Waals surface area (Å²) >= 11 is 0. The van der Waals surface area contributed by atoms with Gasteiger partial charge in [-0.05, 0) is 39.9 Å². The molecule has 0 atom stereocenters. The number of likely N-dealkylation sites (N-methyl/N-ethyl adjacent to an activating group) is 1. The molecule has 0 aromatic carbocycles. The third-order valence-electron chi connectivity index (χ3n) is 2.67. The molecule has 1 heterocycles. The monoisotopic (exact) mass is 229 g/mol. The first kappa shape index (κ1) is 15.3. The summed E-state index contributed by atoms with van der Waals surface area (Å²) in [7, 11) is 2.19. The second kappa shape index (κ2) is 10.9. The molecule has 0 amide bonds. The number of rotatable bonds is 4. The van der Waals surface area contributed by atoms with Crippen molar-refractivity contribution in [3.63, 3.8) is 0 Å². The van der Waals surface area contributed by atoms with Crippen LogP contribution in [-0.2, 0) is 0 Å². The van der Waals surface area contributed by atoms with E-state index in [0.717, 1.165) is 6.54 Å². The molecule has 4 N–H and O–H groups in total. The minimum Gasteiger partial charge on any atom is -0.330 e. The van der Waals surface area contributed by atoms with Crippen LogP contribution in [0.2, 0.25) is 0 Å². The summed E-state index contributed by atoms with van der Waals surface area (Å²) in [6.07, 6.45) is 3.96. The Balaban J connectivity index is 0.000000487. The molecule has 5 nitrogen and oxygen atoms in total. The van der Waals surface area contributed by atoms with Crippen LogP contribution in [0.4, 0.5) is 0 Å². The number of hydrogen-bond acceptors (Lipinski definition) is 5. The van der Waals surface area contributed by atoms with Gasteiger partial charge in [0.2, 0.25) is 0 Å². The van der Waals surface area contributed by atoms with E-state index in [-0.39, 0.29) is 0 Å². The molecule has 16 heavy (non-hydrogen) atoms. The van der Waals surface area contributed by atoms with Crippen molar-refractivity contribution in [3.8, 4) is 0 Å². The molecule has 0 saturated carbocycles. The van der Waals surface area contributed by atoms with Crippen LogP contribution in [0.1, 0.15) is 19.8 Å². The summed E-state index contributed by atoms with van der Waals surface area (Å²) in [6, 6.07) is 0. The number of unbranched alkanes of at least 4 members (excludes halogenated alkanes) is 1. The molecule has 0 bridgehead atoms. The molecule has 1 saturated heterocycles. The zero-order valence-electron chi connectivity index (χ0n) is 10.7. The van der Waals surface area contributed by atoms with Crippen LogP contribution < -0.4 is 11.6 Å². The lowest BCUT2D eigenvalue weighted by atomic mass is 10.2. The molecule has 1 fully saturated rings. The summed E-state index contributed by atoms with van der Waals surface area (Å²) in [5, 5.41) is 3.11. The SMILES string of the molecule is C/C=N/N.CN1CCN(CCCCN)CC1. The molecular weight excluding hydrogens is 202 g/mol. The molecule has 1 aliphatic heterocycles. The van der Waals surface area contributed by atoms with Crippen LogP contribution in [-0.4, -0.2) is 62.3 Å². The largest absolute Gasteiger partial charge is 0.330 e. The van der Waals surface area contributed by atoms with Crippen molar-refractivity contribution in [1.29, 1.82) is 0 Å². The second-order valence-corrected chi connectivity index (χ2v) is 4.05. The van der Waals surface area contributed by atoms with Gasteiger partial charge in [0, 0.05) is 32.4 Å². The fourth-order valence-corrected chi connectivity index (χ4v) is 1.55. The Morgan fingerprint density at radius 2 is 1.75 bits per heavy atom. The summed E-state index contributed by atoms with van der Waals surface area (Å²) in [5.41, 5.74) is 5.44. The summed E-state index contributed by atoms with van der Waals surface area (Å²) < 4.78 is 0. The van der Waals surface area contributed by atoms with Crippen molar-refractivity contribution < 1.29 is 0 Å². The maximum Gasteiger partial charge on any atom is 0.0209 e. The maximum atomic E-state index is 5.44. The summed E-state index contributed by atoms with van der Waals surface area (Å²) in [4.78, 5) is 4.93. The van der Waals surface area contributed by atoms with Crippen molar-refractivity contribution in [2.45, 2.75) is 19.8 Å². The van der Waals surface area contributed by atoms with Crippen molar-refractivity contribution in [2.24, 2.45) is 16.7 Å². The number of hydrazone groups is 1. The third kappa shape index (κ3) is 8.64.